The van der Waals surface area contributed by atoms with Crippen molar-refractivity contribution in [2.24, 2.45) is 0 Å². The number of para-hydroxylation sites is 1. The standard InChI is InChI=1S/C21H21BrN2O4S/c1-12-6-5-7-13(2)20(12)24-29(26,27)17-10-8-16(9-11-17)23-21(25)18-14(3)28-15(4)19(18)22/h5-11,24H,1-4H3,(H,23,25). The molecule has 1 aromatic heterocycles. The van der Waals surface area contributed by atoms with Crippen LogP contribution in [0.5, 0.6) is 0 Å². The molecule has 0 atom stereocenters. The van der Waals surface area contributed by atoms with Gasteiger partial charge in [-0.3, -0.25) is 9.52 Å². The second-order valence-corrected chi connectivity index (χ2v) is 9.23. The Kier molecular flexibility index (Phi) is 5.86. The molecule has 0 bridgehead atoms. The van der Waals surface area contributed by atoms with Gasteiger partial charge in [0.15, 0.2) is 0 Å². The van der Waals surface area contributed by atoms with E-state index in [0.717, 1.165) is 11.1 Å². The van der Waals surface area contributed by atoms with E-state index in [2.05, 4.69) is 26.0 Å². The number of rotatable bonds is 5. The van der Waals surface area contributed by atoms with Crippen LogP contribution in [0, 0.1) is 27.7 Å². The van der Waals surface area contributed by atoms with Gasteiger partial charge >= 0.3 is 0 Å². The normalized spacial score (nSPS) is 11.3. The summed E-state index contributed by atoms with van der Waals surface area (Å²) in [7, 11) is -3.75. The van der Waals surface area contributed by atoms with E-state index in [1.807, 2.05) is 32.0 Å². The average Bonchev–Trinajstić information content (AvgIpc) is 2.91. The van der Waals surface area contributed by atoms with Crippen molar-refractivity contribution in [1.82, 2.24) is 0 Å². The van der Waals surface area contributed by atoms with Crippen LogP contribution in [0.2, 0.25) is 0 Å². The van der Waals surface area contributed by atoms with Crippen molar-refractivity contribution in [3.05, 3.63) is 75.1 Å². The van der Waals surface area contributed by atoms with Crippen LogP contribution in [0.15, 0.2) is 56.2 Å². The minimum atomic E-state index is -3.75. The highest BCUT2D eigenvalue weighted by Crippen LogP contribution is 2.28. The largest absolute Gasteiger partial charge is 0.465 e. The molecule has 0 fully saturated rings. The van der Waals surface area contributed by atoms with Gasteiger partial charge in [0, 0.05) is 5.69 Å². The van der Waals surface area contributed by atoms with Gasteiger partial charge in [-0.1, -0.05) is 18.2 Å². The van der Waals surface area contributed by atoms with E-state index >= 15 is 0 Å². The quantitative estimate of drug-likeness (QED) is 0.520. The Morgan fingerprint density at radius 2 is 1.52 bits per heavy atom. The number of carbonyl (C=O) groups excluding carboxylic acids is 1. The van der Waals surface area contributed by atoms with E-state index in [4.69, 9.17) is 4.42 Å². The highest BCUT2D eigenvalue weighted by molar-refractivity contribution is 9.10. The molecule has 1 amide bonds. The van der Waals surface area contributed by atoms with Crippen LogP contribution in [0.25, 0.3) is 0 Å². The van der Waals surface area contributed by atoms with Crippen LogP contribution < -0.4 is 10.0 Å². The summed E-state index contributed by atoms with van der Waals surface area (Å²) in [6.07, 6.45) is 0. The lowest BCUT2D eigenvalue weighted by atomic mass is 10.1. The van der Waals surface area contributed by atoms with Crippen LogP contribution in [0.4, 0.5) is 11.4 Å². The monoisotopic (exact) mass is 476 g/mol. The fourth-order valence-corrected chi connectivity index (χ4v) is 4.74. The lowest BCUT2D eigenvalue weighted by Gasteiger charge is -2.13. The molecule has 0 aliphatic rings. The van der Waals surface area contributed by atoms with Crippen LogP contribution in [-0.4, -0.2) is 14.3 Å². The van der Waals surface area contributed by atoms with Crippen LogP contribution >= 0.6 is 15.9 Å². The summed E-state index contributed by atoms with van der Waals surface area (Å²) in [5, 5.41) is 2.76. The van der Waals surface area contributed by atoms with E-state index < -0.39 is 10.0 Å². The Morgan fingerprint density at radius 3 is 2.03 bits per heavy atom. The van der Waals surface area contributed by atoms with Gasteiger partial charge in [0.2, 0.25) is 0 Å². The maximum absolute atomic E-state index is 12.7. The molecule has 2 aromatic carbocycles. The third kappa shape index (κ3) is 4.38. The van der Waals surface area contributed by atoms with Crippen LogP contribution in [0.3, 0.4) is 0 Å². The van der Waals surface area contributed by atoms with Gasteiger partial charge in [0.25, 0.3) is 15.9 Å². The minimum absolute atomic E-state index is 0.106. The van der Waals surface area contributed by atoms with Gasteiger partial charge in [0.1, 0.15) is 11.5 Å². The minimum Gasteiger partial charge on any atom is -0.465 e. The summed E-state index contributed by atoms with van der Waals surface area (Å²) >= 11 is 3.35. The predicted octanol–water partition coefficient (Wildman–Crippen LogP) is 5.33. The number of furan rings is 1. The average molecular weight is 477 g/mol. The number of sulfonamides is 1. The fourth-order valence-electron chi connectivity index (χ4n) is 3.00. The van der Waals surface area contributed by atoms with Crippen molar-refractivity contribution in [3.63, 3.8) is 0 Å². The number of nitrogens with one attached hydrogen (secondary N) is 2. The van der Waals surface area contributed by atoms with Gasteiger partial charge in [-0.25, -0.2) is 8.42 Å². The van der Waals surface area contributed by atoms with Crippen LogP contribution in [0.1, 0.15) is 33.0 Å². The first-order chi connectivity index (χ1) is 13.6. The smallest absolute Gasteiger partial charge is 0.261 e. The van der Waals surface area contributed by atoms with E-state index in [1.54, 1.807) is 26.0 Å². The van der Waals surface area contributed by atoms with E-state index in [9.17, 15) is 13.2 Å². The number of aryl methyl sites for hydroxylation is 4. The number of carbonyl (C=O) groups is 1. The van der Waals surface area contributed by atoms with Crippen molar-refractivity contribution in [1.29, 1.82) is 0 Å². The zero-order chi connectivity index (χ0) is 21.3. The van der Waals surface area contributed by atoms with Gasteiger partial charge in [-0.05, 0) is 79.0 Å². The van der Waals surface area contributed by atoms with Crippen molar-refractivity contribution in [3.8, 4) is 0 Å². The van der Waals surface area contributed by atoms with Crippen molar-refractivity contribution in [2.45, 2.75) is 32.6 Å². The summed E-state index contributed by atoms with van der Waals surface area (Å²) in [5.74, 6) is 0.783. The Balaban J connectivity index is 1.80. The topological polar surface area (TPSA) is 88.4 Å². The maximum Gasteiger partial charge on any atom is 0.261 e. The van der Waals surface area contributed by atoms with Gasteiger partial charge in [0.05, 0.1) is 20.6 Å². The van der Waals surface area contributed by atoms with Crippen molar-refractivity contribution in [2.75, 3.05) is 10.0 Å². The highest BCUT2D eigenvalue weighted by Gasteiger charge is 2.21. The number of benzene rings is 2. The maximum atomic E-state index is 12.7. The summed E-state index contributed by atoms with van der Waals surface area (Å²) in [5.41, 5.74) is 3.14. The Labute approximate surface area is 178 Å². The molecule has 3 rings (SSSR count). The van der Waals surface area contributed by atoms with Gasteiger partial charge < -0.3 is 9.73 Å². The third-order valence-corrected chi connectivity index (χ3v) is 6.87. The van der Waals surface area contributed by atoms with Crippen LogP contribution in [-0.2, 0) is 10.0 Å². The molecular formula is C21H21BrN2O4S. The molecule has 0 saturated heterocycles. The molecule has 0 saturated carbocycles. The summed E-state index contributed by atoms with van der Waals surface area (Å²) in [4.78, 5) is 12.6. The molecule has 6 nitrogen and oxygen atoms in total. The fraction of sp³-hybridized carbons (Fsp3) is 0.190. The molecule has 152 valence electrons. The summed E-state index contributed by atoms with van der Waals surface area (Å²) < 4.78 is 34.2. The molecule has 1 heterocycles. The number of anilines is 2. The Bertz CT molecular complexity index is 1160. The first kappa shape index (κ1) is 21.1. The molecule has 3 aromatic rings. The molecule has 2 N–H and O–H groups in total. The molecule has 0 aliphatic carbocycles. The highest BCUT2D eigenvalue weighted by atomic mass is 79.9. The van der Waals surface area contributed by atoms with Crippen molar-refractivity contribution < 1.29 is 17.6 Å². The molecule has 0 spiro atoms. The Hall–Kier alpha value is -2.58. The summed E-state index contributed by atoms with van der Waals surface area (Å²) in [6.45, 7) is 7.17. The number of amides is 1. The Morgan fingerprint density at radius 1 is 0.931 bits per heavy atom. The third-order valence-electron chi connectivity index (χ3n) is 4.55. The molecule has 0 unspecified atom stereocenters. The molecule has 0 radical (unpaired) electrons. The number of hydrogen-bond donors (Lipinski definition) is 2. The van der Waals surface area contributed by atoms with Crippen molar-refractivity contribution >= 4 is 43.2 Å². The SMILES string of the molecule is Cc1cccc(C)c1NS(=O)(=O)c1ccc(NC(=O)c2c(C)oc(C)c2Br)cc1. The summed E-state index contributed by atoms with van der Waals surface area (Å²) in [6, 6.07) is 11.6. The molecular weight excluding hydrogens is 456 g/mol. The van der Waals surface area contributed by atoms with Gasteiger partial charge in [-0.15, -0.1) is 0 Å². The molecule has 29 heavy (non-hydrogen) atoms. The predicted molar refractivity (Wildman–Crippen MR) is 117 cm³/mol. The molecule has 8 heteroatoms. The first-order valence-corrected chi connectivity index (χ1v) is 11.1. The lowest BCUT2D eigenvalue weighted by molar-refractivity contribution is 0.102. The second kappa shape index (κ2) is 8.04. The zero-order valence-electron chi connectivity index (χ0n) is 16.5. The number of hydrogen-bond acceptors (Lipinski definition) is 4. The second-order valence-electron chi connectivity index (χ2n) is 6.75. The molecule has 0 aliphatic heterocycles. The van der Waals surface area contributed by atoms with E-state index in [-0.39, 0.29) is 10.8 Å². The van der Waals surface area contributed by atoms with E-state index in [1.165, 1.54) is 12.1 Å². The zero-order valence-corrected chi connectivity index (χ0v) is 18.9. The first-order valence-electron chi connectivity index (χ1n) is 8.86. The van der Waals surface area contributed by atoms with E-state index in [0.29, 0.717) is 32.9 Å². The number of halogens is 1. The van der Waals surface area contributed by atoms with Gasteiger partial charge in [-0.2, -0.15) is 0 Å². The lowest BCUT2D eigenvalue weighted by Crippen LogP contribution is -2.15.